The molecule has 2 aromatic carbocycles. The lowest BCUT2D eigenvalue weighted by molar-refractivity contribution is -0.136. The molecule has 1 heterocycles. The molecule has 35 heavy (non-hydrogen) atoms. The predicted octanol–water partition coefficient (Wildman–Crippen LogP) is 5.59. The first kappa shape index (κ1) is 26.2. The molecule has 3 aromatic rings. The van der Waals surface area contributed by atoms with Gasteiger partial charge in [-0.25, -0.2) is 4.68 Å². The summed E-state index contributed by atoms with van der Waals surface area (Å²) in [5, 5.41) is 7.87. The molecular formula is C29H38N4O2. The van der Waals surface area contributed by atoms with Gasteiger partial charge >= 0.3 is 0 Å². The average Bonchev–Trinajstić information content (AvgIpc) is 3.22. The van der Waals surface area contributed by atoms with E-state index in [2.05, 4.69) is 46.0 Å². The van der Waals surface area contributed by atoms with Gasteiger partial charge in [-0.15, -0.1) is 0 Å². The summed E-state index contributed by atoms with van der Waals surface area (Å²) in [6.45, 7) is 14.3. The van der Waals surface area contributed by atoms with Gasteiger partial charge in [0.05, 0.1) is 11.4 Å². The standard InChI is InChI=1S/C29H38N4O2/c1-20(2)32(28(35)17-16-23-13-9-8-10-14-23)19-27(34)30-26-18-25(29(5,6)7)31-33(26)24-15-11-12-21(3)22(24)4/h8-15,18,20H,16-17,19H2,1-7H3,(H,30,34). The summed E-state index contributed by atoms with van der Waals surface area (Å²) < 4.78 is 1.80. The third-order valence-corrected chi connectivity index (χ3v) is 6.28. The summed E-state index contributed by atoms with van der Waals surface area (Å²) >= 11 is 0. The number of nitrogens with one attached hydrogen (secondary N) is 1. The maximum Gasteiger partial charge on any atom is 0.245 e. The highest BCUT2D eigenvalue weighted by molar-refractivity contribution is 5.94. The first-order chi connectivity index (χ1) is 16.5. The van der Waals surface area contributed by atoms with Crippen LogP contribution in [0.4, 0.5) is 5.82 Å². The first-order valence-electron chi connectivity index (χ1n) is 12.3. The molecule has 0 bridgehead atoms. The van der Waals surface area contributed by atoms with E-state index < -0.39 is 0 Å². The van der Waals surface area contributed by atoms with Crippen LogP contribution < -0.4 is 5.32 Å². The van der Waals surface area contributed by atoms with Crippen molar-refractivity contribution in [2.24, 2.45) is 0 Å². The molecule has 0 saturated carbocycles. The highest BCUT2D eigenvalue weighted by Crippen LogP contribution is 2.28. The van der Waals surface area contributed by atoms with Crippen LogP contribution in [0, 0.1) is 13.8 Å². The molecule has 0 aliphatic heterocycles. The maximum absolute atomic E-state index is 13.2. The van der Waals surface area contributed by atoms with E-state index in [9.17, 15) is 9.59 Å². The zero-order valence-corrected chi connectivity index (χ0v) is 22.1. The summed E-state index contributed by atoms with van der Waals surface area (Å²) in [6, 6.07) is 17.8. The molecule has 0 aliphatic carbocycles. The van der Waals surface area contributed by atoms with E-state index in [1.807, 2.05) is 62.4 Å². The average molecular weight is 475 g/mol. The summed E-state index contributed by atoms with van der Waals surface area (Å²) in [5.41, 5.74) is 5.00. The van der Waals surface area contributed by atoms with Crippen molar-refractivity contribution in [1.82, 2.24) is 14.7 Å². The molecule has 186 valence electrons. The number of anilines is 1. The number of carbonyl (C=O) groups is 2. The van der Waals surface area contributed by atoms with E-state index in [1.54, 1.807) is 9.58 Å². The number of amides is 2. The van der Waals surface area contributed by atoms with Gasteiger partial charge in [-0.1, -0.05) is 63.2 Å². The van der Waals surface area contributed by atoms with Crippen molar-refractivity contribution in [3.8, 4) is 5.69 Å². The number of aryl methyl sites for hydroxylation is 2. The Morgan fingerprint density at radius 2 is 1.71 bits per heavy atom. The van der Waals surface area contributed by atoms with Crippen molar-refractivity contribution in [1.29, 1.82) is 0 Å². The molecule has 3 rings (SSSR count). The van der Waals surface area contributed by atoms with Crippen molar-refractivity contribution < 1.29 is 9.59 Å². The lowest BCUT2D eigenvalue weighted by atomic mass is 9.92. The Bertz CT molecular complexity index is 1170. The first-order valence-corrected chi connectivity index (χ1v) is 12.3. The molecule has 0 aliphatic rings. The van der Waals surface area contributed by atoms with E-state index >= 15 is 0 Å². The zero-order chi connectivity index (χ0) is 25.8. The van der Waals surface area contributed by atoms with E-state index in [-0.39, 0.29) is 29.8 Å². The van der Waals surface area contributed by atoms with Gasteiger partial charge in [0.15, 0.2) is 0 Å². The topological polar surface area (TPSA) is 67.2 Å². The Hall–Kier alpha value is -3.41. The highest BCUT2D eigenvalue weighted by atomic mass is 16.2. The Balaban J connectivity index is 1.80. The third kappa shape index (κ3) is 6.59. The number of hydrogen-bond donors (Lipinski definition) is 1. The van der Waals surface area contributed by atoms with E-state index in [0.717, 1.165) is 28.1 Å². The molecule has 0 unspecified atom stereocenters. The normalized spacial score (nSPS) is 11.5. The SMILES string of the molecule is Cc1cccc(-n2nc(C(C)(C)C)cc2NC(=O)CN(C(=O)CCc2ccccc2)C(C)C)c1C. The van der Waals surface area contributed by atoms with Crippen LogP contribution in [0.15, 0.2) is 54.6 Å². The molecule has 0 atom stereocenters. The Morgan fingerprint density at radius 3 is 2.34 bits per heavy atom. The van der Waals surface area contributed by atoms with E-state index in [0.29, 0.717) is 18.7 Å². The van der Waals surface area contributed by atoms with Crippen LogP contribution >= 0.6 is 0 Å². The monoisotopic (exact) mass is 474 g/mol. The van der Waals surface area contributed by atoms with Crippen LogP contribution in [0.1, 0.15) is 63.4 Å². The molecular weight excluding hydrogens is 436 g/mol. The van der Waals surface area contributed by atoms with E-state index in [1.165, 1.54) is 0 Å². The quantitative estimate of drug-likeness (QED) is 0.462. The lowest BCUT2D eigenvalue weighted by Gasteiger charge is -2.26. The van der Waals surface area contributed by atoms with E-state index in [4.69, 9.17) is 5.10 Å². The smallest absolute Gasteiger partial charge is 0.245 e. The summed E-state index contributed by atoms with van der Waals surface area (Å²) in [5.74, 6) is 0.338. The fraction of sp³-hybridized carbons (Fsp3) is 0.414. The predicted molar refractivity (Wildman–Crippen MR) is 142 cm³/mol. The molecule has 6 nitrogen and oxygen atoms in total. The highest BCUT2D eigenvalue weighted by Gasteiger charge is 2.24. The molecule has 0 spiro atoms. The summed E-state index contributed by atoms with van der Waals surface area (Å²) in [6.07, 6.45) is 1.02. The van der Waals surface area contributed by atoms with Gasteiger partial charge in [0.25, 0.3) is 0 Å². The summed E-state index contributed by atoms with van der Waals surface area (Å²) in [4.78, 5) is 27.8. The number of hydrogen-bond acceptors (Lipinski definition) is 3. The number of nitrogens with zero attached hydrogens (tertiary/aromatic N) is 3. The summed E-state index contributed by atoms with van der Waals surface area (Å²) in [7, 11) is 0. The van der Waals surface area contributed by atoms with Crippen molar-refractivity contribution in [2.75, 3.05) is 11.9 Å². The Kier molecular flexibility index (Phi) is 8.15. The number of carbonyl (C=O) groups excluding carboxylic acids is 2. The van der Waals surface area contributed by atoms with Gasteiger partial charge in [0.1, 0.15) is 12.4 Å². The second kappa shape index (κ2) is 10.9. The number of aromatic nitrogens is 2. The molecule has 0 saturated heterocycles. The lowest BCUT2D eigenvalue weighted by Crippen LogP contribution is -2.42. The molecule has 6 heteroatoms. The minimum atomic E-state index is -0.237. The molecule has 0 radical (unpaired) electrons. The minimum Gasteiger partial charge on any atom is -0.331 e. The second-order valence-electron chi connectivity index (χ2n) is 10.4. The van der Waals surface area contributed by atoms with Gasteiger partial charge in [0.2, 0.25) is 11.8 Å². The van der Waals surface area contributed by atoms with Crippen LogP contribution in [0.3, 0.4) is 0 Å². The van der Waals surface area contributed by atoms with Crippen LogP contribution in [0.2, 0.25) is 0 Å². The van der Waals surface area contributed by atoms with Crippen molar-refractivity contribution >= 4 is 17.6 Å². The van der Waals surface area contributed by atoms with Gasteiger partial charge in [0, 0.05) is 23.9 Å². The fourth-order valence-electron chi connectivity index (χ4n) is 3.92. The fourth-order valence-corrected chi connectivity index (χ4v) is 3.92. The van der Waals surface area contributed by atoms with Crippen LogP contribution in [-0.2, 0) is 21.4 Å². The third-order valence-electron chi connectivity index (χ3n) is 6.28. The molecule has 0 fully saturated rings. The van der Waals surface area contributed by atoms with Crippen LogP contribution in [0.5, 0.6) is 0 Å². The second-order valence-corrected chi connectivity index (χ2v) is 10.4. The number of rotatable bonds is 8. The van der Waals surface area contributed by atoms with Crippen molar-refractivity contribution in [2.45, 2.75) is 72.8 Å². The van der Waals surface area contributed by atoms with Gasteiger partial charge in [-0.3, -0.25) is 9.59 Å². The van der Waals surface area contributed by atoms with Gasteiger partial charge in [-0.05, 0) is 56.9 Å². The largest absolute Gasteiger partial charge is 0.331 e. The van der Waals surface area contributed by atoms with Crippen LogP contribution in [-0.4, -0.2) is 39.1 Å². The Labute approximate surface area is 209 Å². The minimum absolute atomic E-state index is 0.00583. The maximum atomic E-state index is 13.2. The van der Waals surface area contributed by atoms with Gasteiger partial charge < -0.3 is 10.2 Å². The van der Waals surface area contributed by atoms with Crippen molar-refractivity contribution in [3.63, 3.8) is 0 Å². The molecule has 2 amide bonds. The zero-order valence-electron chi connectivity index (χ0n) is 22.1. The van der Waals surface area contributed by atoms with Crippen molar-refractivity contribution in [3.05, 3.63) is 77.0 Å². The molecule has 1 N–H and O–H groups in total. The van der Waals surface area contributed by atoms with Crippen LogP contribution in [0.25, 0.3) is 5.69 Å². The molecule has 1 aromatic heterocycles. The number of benzene rings is 2. The van der Waals surface area contributed by atoms with Gasteiger partial charge in [-0.2, -0.15) is 5.10 Å². The Morgan fingerprint density at radius 1 is 1.03 bits per heavy atom.